The second-order valence-corrected chi connectivity index (χ2v) is 8.64. The molecule has 2 aromatic heterocycles. The number of aromatic nitrogens is 2. The van der Waals surface area contributed by atoms with Gasteiger partial charge >= 0.3 is 0 Å². The Morgan fingerprint density at radius 3 is 2.72 bits per heavy atom. The lowest BCUT2D eigenvalue weighted by Gasteiger charge is -2.36. The second-order valence-electron chi connectivity index (χ2n) is 7.56. The van der Waals surface area contributed by atoms with E-state index in [2.05, 4.69) is 28.2 Å². The maximum Gasteiger partial charge on any atom is 0.251 e. The van der Waals surface area contributed by atoms with Crippen LogP contribution in [0.25, 0.3) is 17.2 Å². The molecule has 4 atom stereocenters. The van der Waals surface area contributed by atoms with E-state index in [1.807, 2.05) is 24.3 Å². The summed E-state index contributed by atoms with van der Waals surface area (Å²) >= 11 is 1.51. The molecule has 4 unspecified atom stereocenters. The standard InChI is InChI=1S/C13H12N2O.C9H15F2NS/c1-3-11-7-6-10(9-15-11)12-5-4-8-14-13(12)16-2;1-5-3-7-6(2)12-13-8(7)4-9(5,10)11/h3-9H,1H2,2H3;5-8,12H,3-4H2,1-2H3. The number of alkyl halides is 2. The van der Waals surface area contributed by atoms with Gasteiger partial charge in [0.05, 0.1) is 12.8 Å². The molecule has 3 heterocycles. The number of halogens is 2. The molecule has 1 N–H and O–H groups in total. The normalized spacial score (nSPS) is 27.3. The van der Waals surface area contributed by atoms with Gasteiger partial charge in [-0.1, -0.05) is 31.5 Å². The molecule has 4 rings (SSSR count). The molecule has 0 amide bonds. The van der Waals surface area contributed by atoms with Crippen LogP contribution < -0.4 is 9.46 Å². The van der Waals surface area contributed by atoms with Gasteiger partial charge in [0.1, 0.15) is 0 Å². The molecule has 2 fully saturated rings. The van der Waals surface area contributed by atoms with Gasteiger partial charge in [0.2, 0.25) is 5.88 Å². The van der Waals surface area contributed by atoms with Crippen molar-refractivity contribution in [3.63, 3.8) is 0 Å². The summed E-state index contributed by atoms with van der Waals surface area (Å²) < 4.78 is 35.0. The Bertz CT molecular complexity index is 831. The van der Waals surface area contributed by atoms with Gasteiger partial charge in [-0.2, -0.15) is 0 Å². The summed E-state index contributed by atoms with van der Waals surface area (Å²) in [5.74, 6) is -1.84. The maximum absolute atomic E-state index is 13.3. The first-order valence-electron chi connectivity index (χ1n) is 9.72. The van der Waals surface area contributed by atoms with E-state index in [9.17, 15) is 8.78 Å². The third-order valence-corrected chi connectivity index (χ3v) is 6.94. The van der Waals surface area contributed by atoms with Crippen molar-refractivity contribution in [2.45, 2.75) is 43.9 Å². The van der Waals surface area contributed by atoms with Crippen LogP contribution in [0.15, 0.2) is 43.2 Å². The van der Waals surface area contributed by atoms with Crippen molar-refractivity contribution < 1.29 is 13.5 Å². The molecule has 7 heteroatoms. The Morgan fingerprint density at radius 2 is 2.07 bits per heavy atom. The van der Waals surface area contributed by atoms with Crippen LogP contribution in [0.5, 0.6) is 5.88 Å². The number of ether oxygens (including phenoxy) is 1. The highest BCUT2D eigenvalue weighted by molar-refractivity contribution is 7.98. The van der Waals surface area contributed by atoms with Gasteiger partial charge in [-0.05, 0) is 43.5 Å². The Morgan fingerprint density at radius 1 is 1.28 bits per heavy atom. The summed E-state index contributed by atoms with van der Waals surface area (Å²) in [7, 11) is 1.61. The van der Waals surface area contributed by atoms with Gasteiger partial charge in [0.25, 0.3) is 5.92 Å². The highest BCUT2D eigenvalue weighted by Gasteiger charge is 2.50. The summed E-state index contributed by atoms with van der Waals surface area (Å²) in [6.45, 7) is 7.43. The zero-order chi connectivity index (χ0) is 21.0. The molecule has 156 valence electrons. The summed E-state index contributed by atoms with van der Waals surface area (Å²) in [5, 5.41) is 0.126. The maximum atomic E-state index is 13.3. The number of pyridine rings is 2. The number of rotatable bonds is 3. The SMILES string of the molecule is C=Cc1ccc(-c2cccnc2OC)cn1.CC1NSC2CC(F)(F)C(C)CC12. The van der Waals surface area contributed by atoms with E-state index < -0.39 is 11.8 Å². The minimum atomic E-state index is -2.44. The lowest BCUT2D eigenvalue weighted by atomic mass is 9.76. The van der Waals surface area contributed by atoms with Gasteiger partial charge in [0.15, 0.2) is 0 Å². The highest BCUT2D eigenvalue weighted by atomic mass is 32.2. The number of fused-ring (bicyclic) bond motifs is 1. The molecule has 2 aliphatic rings. The Kier molecular flexibility index (Phi) is 6.90. The Balaban J connectivity index is 0.000000169. The zero-order valence-electron chi connectivity index (χ0n) is 16.9. The number of nitrogens with zero attached hydrogens (tertiary/aromatic N) is 2. The smallest absolute Gasteiger partial charge is 0.251 e. The molecule has 29 heavy (non-hydrogen) atoms. The quantitative estimate of drug-likeness (QED) is 0.669. The fourth-order valence-electron chi connectivity index (χ4n) is 3.75. The first-order valence-corrected chi connectivity index (χ1v) is 10.6. The van der Waals surface area contributed by atoms with E-state index in [0.29, 0.717) is 24.3 Å². The van der Waals surface area contributed by atoms with Crippen LogP contribution in [-0.4, -0.2) is 34.3 Å². The molecule has 4 nitrogen and oxygen atoms in total. The van der Waals surface area contributed by atoms with Crippen molar-refractivity contribution in [2.75, 3.05) is 7.11 Å². The van der Waals surface area contributed by atoms with Crippen molar-refractivity contribution in [2.24, 2.45) is 11.8 Å². The molecular formula is C22H27F2N3OS. The van der Waals surface area contributed by atoms with E-state index in [4.69, 9.17) is 4.74 Å². The molecule has 1 saturated heterocycles. The Labute approximate surface area is 175 Å². The van der Waals surface area contributed by atoms with E-state index >= 15 is 0 Å². The summed E-state index contributed by atoms with van der Waals surface area (Å²) in [6.07, 6.45) is 5.92. The lowest BCUT2D eigenvalue weighted by Crippen LogP contribution is -2.41. The third kappa shape index (κ3) is 4.95. The van der Waals surface area contributed by atoms with Gasteiger partial charge in [0, 0.05) is 47.2 Å². The van der Waals surface area contributed by atoms with Crippen molar-refractivity contribution in [3.05, 3.63) is 48.9 Å². The first-order chi connectivity index (χ1) is 13.9. The Hall–Kier alpha value is -1.99. The summed E-state index contributed by atoms with van der Waals surface area (Å²) in [4.78, 5) is 8.39. The molecule has 0 radical (unpaired) electrons. The number of nitrogens with one attached hydrogen (secondary N) is 1. The van der Waals surface area contributed by atoms with E-state index in [1.165, 1.54) is 11.9 Å². The van der Waals surface area contributed by atoms with Crippen LogP contribution in [0, 0.1) is 11.8 Å². The van der Waals surface area contributed by atoms with E-state index in [1.54, 1.807) is 32.5 Å². The average Bonchev–Trinajstić information content (AvgIpc) is 3.07. The van der Waals surface area contributed by atoms with E-state index in [-0.39, 0.29) is 11.7 Å². The van der Waals surface area contributed by atoms with Gasteiger partial charge in [-0.3, -0.25) is 9.71 Å². The zero-order valence-corrected chi connectivity index (χ0v) is 17.8. The second kappa shape index (κ2) is 9.22. The molecule has 0 bridgehead atoms. The topological polar surface area (TPSA) is 47.0 Å². The lowest BCUT2D eigenvalue weighted by molar-refractivity contribution is -0.0882. The predicted octanol–water partition coefficient (Wildman–Crippen LogP) is 5.47. The molecule has 2 aromatic rings. The number of hydrogen-bond donors (Lipinski definition) is 1. The van der Waals surface area contributed by atoms with Crippen LogP contribution in [-0.2, 0) is 0 Å². The van der Waals surface area contributed by atoms with Gasteiger partial charge < -0.3 is 4.74 Å². The summed E-state index contributed by atoms with van der Waals surface area (Å²) in [6, 6.07) is 8.11. The minimum Gasteiger partial charge on any atom is -0.481 e. The number of methoxy groups -OCH3 is 1. The van der Waals surface area contributed by atoms with Crippen LogP contribution >= 0.6 is 11.9 Å². The fourth-order valence-corrected chi connectivity index (χ4v) is 5.14. The van der Waals surface area contributed by atoms with Crippen LogP contribution in [0.4, 0.5) is 8.78 Å². The van der Waals surface area contributed by atoms with Crippen molar-refractivity contribution in [1.82, 2.24) is 14.7 Å². The van der Waals surface area contributed by atoms with Gasteiger partial charge in [-0.15, -0.1) is 0 Å². The monoisotopic (exact) mass is 419 g/mol. The van der Waals surface area contributed by atoms with Crippen LogP contribution in [0.2, 0.25) is 0 Å². The van der Waals surface area contributed by atoms with Crippen molar-refractivity contribution in [1.29, 1.82) is 0 Å². The van der Waals surface area contributed by atoms with E-state index in [0.717, 1.165) is 16.8 Å². The molecule has 0 aromatic carbocycles. The van der Waals surface area contributed by atoms with Crippen LogP contribution in [0.1, 0.15) is 32.4 Å². The fraction of sp³-hybridized carbons (Fsp3) is 0.455. The highest BCUT2D eigenvalue weighted by Crippen LogP contribution is 2.48. The van der Waals surface area contributed by atoms with Crippen molar-refractivity contribution >= 4 is 18.0 Å². The van der Waals surface area contributed by atoms with Crippen molar-refractivity contribution in [3.8, 4) is 17.0 Å². The molecule has 0 spiro atoms. The molecule has 1 aliphatic heterocycles. The van der Waals surface area contributed by atoms with Gasteiger partial charge in [-0.25, -0.2) is 13.8 Å². The predicted molar refractivity (Wildman–Crippen MR) is 115 cm³/mol. The first kappa shape index (κ1) is 21.7. The summed E-state index contributed by atoms with van der Waals surface area (Å²) in [5.41, 5.74) is 2.77. The molecular weight excluding hydrogens is 392 g/mol. The van der Waals surface area contributed by atoms with Crippen LogP contribution in [0.3, 0.4) is 0 Å². The number of hydrogen-bond acceptors (Lipinski definition) is 5. The largest absolute Gasteiger partial charge is 0.481 e. The third-order valence-electron chi connectivity index (χ3n) is 5.62. The average molecular weight is 420 g/mol. The minimum absolute atomic E-state index is 0.0564. The molecule has 1 saturated carbocycles. The molecule has 1 aliphatic carbocycles.